The Labute approximate surface area is 122 Å². The number of ether oxygens (including phenoxy) is 1. The Balaban J connectivity index is 1.78. The van der Waals surface area contributed by atoms with Crippen molar-refractivity contribution < 1.29 is 13.9 Å². The van der Waals surface area contributed by atoms with Crippen molar-refractivity contribution in [1.82, 2.24) is 4.98 Å². The van der Waals surface area contributed by atoms with Crippen molar-refractivity contribution >= 4 is 11.7 Å². The molecule has 0 aliphatic carbocycles. The monoisotopic (exact) mass is 286 g/mol. The zero-order valence-corrected chi connectivity index (χ0v) is 11.6. The first-order valence-electron chi connectivity index (χ1n) is 6.74. The van der Waals surface area contributed by atoms with Crippen molar-refractivity contribution in [3.8, 4) is 0 Å². The van der Waals surface area contributed by atoms with Crippen molar-refractivity contribution in [1.29, 1.82) is 0 Å². The Bertz CT molecular complexity index is 670. The van der Waals surface area contributed by atoms with Crippen LogP contribution < -0.4 is 5.32 Å². The molecule has 2 heterocycles. The lowest BCUT2D eigenvalue weighted by molar-refractivity contribution is 0.0601. The molecule has 1 N–H and O–H groups in total. The highest BCUT2D eigenvalue weighted by Gasteiger charge is 2.26. The van der Waals surface area contributed by atoms with Gasteiger partial charge in [0, 0.05) is 18.7 Å². The van der Waals surface area contributed by atoms with E-state index in [0.717, 1.165) is 29.8 Å². The standard InChI is InChI=1S/C16H15FN2O2/c1-21-16(20)13-6-7-18-14-9-12(19-15(13)14)8-10-2-4-11(17)5-3-10/h2-7,12,19H,8-9H2,1H3. The second-order valence-electron chi connectivity index (χ2n) is 5.05. The number of carbonyl (C=O) groups excluding carboxylic acids is 1. The summed E-state index contributed by atoms with van der Waals surface area (Å²) in [5.41, 5.74) is 3.16. The second kappa shape index (κ2) is 5.52. The number of hydrogen-bond donors (Lipinski definition) is 1. The summed E-state index contributed by atoms with van der Waals surface area (Å²) in [6.45, 7) is 0. The topological polar surface area (TPSA) is 51.2 Å². The van der Waals surface area contributed by atoms with E-state index in [4.69, 9.17) is 4.74 Å². The summed E-state index contributed by atoms with van der Waals surface area (Å²) >= 11 is 0. The van der Waals surface area contributed by atoms with Gasteiger partial charge in [-0.3, -0.25) is 4.98 Å². The molecule has 1 aromatic carbocycles. The third kappa shape index (κ3) is 2.72. The molecule has 4 nitrogen and oxygen atoms in total. The fourth-order valence-corrected chi connectivity index (χ4v) is 2.62. The van der Waals surface area contributed by atoms with E-state index in [9.17, 15) is 9.18 Å². The van der Waals surface area contributed by atoms with Gasteiger partial charge in [0.2, 0.25) is 0 Å². The van der Waals surface area contributed by atoms with Crippen molar-refractivity contribution in [3.63, 3.8) is 0 Å². The third-order valence-electron chi connectivity index (χ3n) is 3.62. The fraction of sp³-hybridized carbons (Fsp3) is 0.250. The van der Waals surface area contributed by atoms with E-state index in [1.54, 1.807) is 24.4 Å². The van der Waals surface area contributed by atoms with Gasteiger partial charge in [0.1, 0.15) is 5.82 Å². The van der Waals surface area contributed by atoms with E-state index in [1.807, 2.05) is 0 Å². The number of esters is 1. The summed E-state index contributed by atoms with van der Waals surface area (Å²) in [5, 5.41) is 3.32. The Morgan fingerprint density at radius 3 is 2.86 bits per heavy atom. The van der Waals surface area contributed by atoms with E-state index in [-0.39, 0.29) is 17.8 Å². The molecule has 5 heteroatoms. The van der Waals surface area contributed by atoms with Crippen LogP contribution in [0.1, 0.15) is 21.6 Å². The van der Waals surface area contributed by atoms with Gasteiger partial charge in [0.05, 0.1) is 24.1 Å². The van der Waals surface area contributed by atoms with Crippen molar-refractivity contribution in [2.45, 2.75) is 18.9 Å². The number of anilines is 1. The molecule has 0 bridgehead atoms. The smallest absolute Gasteiger partial charge is 0.340 e. The maximum absolute atomic E-state index is 12.9. The van der Waals surface area contributed by atoms with Crippen LogP contribution in [-0.2, 0) is 17.6 Å². The first-order valence-corrected chi connectivity index (χ1v) is 6.74. The molecule has 0 fully saturated rings. The second-order valence-corrected chi connectivity index (χ2v) is 5.05. The van der Waals surface area contributed by atoms with E-state index in [0.29, 0.717) is 5.56 Å². The Morgan fingerprint density at radius 1 is 1.38 bits per heavy atom. The van der Waals surface area contributed by atoms with Gasteiger partial charge in [-0.15, -0.1) is 0 Å². The van der Waals surface area contributed by atoms with Crippen LogP contribution in [0.25, 0.3) is 0 Å². The lowest BCUT2D eigenvalue weighted by atomic mass is 10.0. The molecule has 1 atom stereocenters. The summed E-state index contributed by atoms with van der Waals surface area (Å²) in [4.78, 5) is 16.1. The lowest BCUT2D eigenvalue weighted by Gasteiger charge is -2.12. The van der Waals surface area contributed by atoms with Gasteiger partial charge in [0.25, 0.3) is 0 Å². The fourth-order valence-electron chi connectivity index (χ4n) is 2.62. The summed E-state index contributed by atoms with van der Waals surface area (Å²) in [5.74, 6) is -0.611. The van der Waals surface area contributed by atoms with Crippen LogP contribution in [0, 0.1) is 5.82 Å². The predicted molar refractivity (Wildman–Crippen MR) is 76.8 cm³/mol. The molecule has 3 rings (SSSR count). The number of aromatic nitrogens is 1. The van der Waals surface area contributed by atoms with Crippen LogP contribution >= 0.6 is 0 Å². The molecular formula is C16H15FN2O2. The van der Waals surface area contributed by atoms with Gasteiger partial charge in [-0.2, -0.15) is 0 Å². The van der Waals surface area contributed by atoms with Gasteiger partial charge >= 0.3 is 5.97 Å². The summed E-state index contributed by atoms with van der Waals surface area (Å²) < 4.78 is 17.7. The summed E-state index contributed by atoms with van der Waals surface area (Å²) in [6, 6.07) is 8.25. The third-order valence-corrected chi connectivity index (χ3v) is 3.62. The number of nitrogens with zero attached hydrogens (tertiary/aromatic N) is 1. The maximum Gasteiger partial charge on any atom is 0.340 e. The molecule has 0 saturated carbocycles. The SMILES string of the molecule is COC(=O)c1ccnc2c1NC(Cc1ccc(F)cc1)C2. The minimum absolute atomic E-state index is 0.142. The Hall–Kier alpha value is -2.43. The average molecular weight is 286 g/mol. The van der Waals surface area contributed by atoms with E-state index < -0.39 is 0 Å². The molecule has 1 aromatic heterocycles. The van der Waals surface area contributed by atoms with Crippen LogP contribution in [0.5, 0.6) is 0 Å². The van der Waals surface area contributed by atoms with Crippen LogP contribution in [0.4, 0.5) is 10.1 Å². The zero-order chi connectivity index (χ0) is 14.8. The molecular weight excluding hydrogens is 271 g/mol. The molecule has 108 valence electrons. The number of nitrogens with one attached hydrogen (secondary N) is 1. The molecule has 21 heavy (non-hydrogen) atoms. The van der Waals surface area contributed by atoms with Gasteiger partial charge < -0.3 is 10.1 Å². The minimum Gasteiger partial charge on any atom is -0.465 e. The molecule has 0 spiro atoms. The van der Waals surface area contributed by atoms with Crippen LogP contribution in [0.15, 0.2) is 36.5 Å². The van der Waals surface area contributed by atoms with E-state index in [2.05, 4.69) is 10.3 Å². The van der Waals surface area contributed by atoms with E-state index in [1.165, 1.54) is 19.2 Å². The van der Waals surface area contributed by atoms with Gasteiger partial charge in [-0.1, -0.05) is 12.1 Å². The quantitative estimate of drug-likeness (QED) is 0.881. The van der Waals surface area contributed by atoms with Crippen molar-refractivity contribution in [3.05, 3.63) is 59.2 Å². The Kier molecular flexibility index (Phi) is 3.56. The molecule has 0 saturated heterocycles. The first-order chi connectivity index (χ1) is 10.2. The molecule has 1 aliphatic rings. The highest BCUT2D eigenvalue weighted by atomic mass is 19.1. The lowest BCUT2D eigenvalue weighted by Crippen LogP contribution is -2.19. The number of fused-ring (bicyclic) bond motifs is 1. The average Bonchev–Trinajstić information content (AvgIpc) is 2.91. The summed E-state index contributed by atoms with van der Waals surface area (Å²) in [7, 11) is 1.36. The predicted octanol–water partition coefficient (Wildman–Crippen LogP) is 2.59. The molecule has 0 amide bonds. The Morgan fingerprint density at radius 2 is 2.14 bits per heavy atom. The maximum atomic E-state index is 12.9. The van der Waals surface area contributed by atoms with Crippen molar-refractivity contribution in [2.24, 2.45) is 0 Å². The minimum atomic E-state index is -0.372. The number of hydrogen-bond acceptors (Lipinski definition) is 4. The van der Waals surface area contributed by atoms with Gasteiger partial charge in [-0.25, -0.2) is 9.18 Å². The number of benzene rings is 1. The number of rotatable bonds is 3. The van der Waals surface area contributed by atoms with Gasteiger partial charge in [0.15, 0.2) is 0 Å². The molecule has 1 aliphatic heterocycles. The van der Waals surface area contributed by atoms with Crippen LogP contribution in [-0.4, -0.2) is 24.1 Å². The highest BCUT2D eigenvalue weighted by Crippen LogP contribution is 2.29. The van der Waals surface area contributed by atoms with Crippen molar-refractivity contribution in [2.75, 3.05) is 12.4 Å². The number of halogens is 1. The van der Waals surface area contributed by atoms with E-state index >= 15 is 0 Å². The molecule has 0 radical (unpaired) electrons. The number of methoxy groups -OCH3 is 1. The largest absolute Gasteiger partial charge is 0.465 e. The van der Waals surface area contributed by atoms with Crippen LogP contribution in [0.3, 0.4) is 0 Å². The zero-order valence-electron chi connectivity index (χ0n) is 11.6. The van der Waals surface area contributed by atoms with Gasteiger partial charge in [-0.05, 0) is 30.2 Å². The molecule has 1 unspecified atom stereocenters. The first kappa shape index (κ1) is 13.5. The summed E-state index contributed by atoms with van der Waals surface area (Å²) in [6.07, 6.45) is 3.10. The number of carbonyl (C=O) groups is 1. The highest BCUT2D eigenvalue weighted by molar-refractivity contribution is 5.96. The normalized spacial score (nSPS) is 16.2. The molecule has 2 aromatic rings. The van der Waals surface area contributed by atoms with Crippen LogP contribution in [0.2, 0.25) is 0 Å². The number of pyridine rings is 1.